The molecule has 2 aromatic carbocycles. The maximum absolute atomic E-state index is 13.9. The van der Waals surface area contributed by atoms with Crippen molar-refractivity contribution in [3.05, 3.63) is 76.2 Å². The first-order valence-corrected chi connectivity index (χ1v) is 14.7. The molecule has 0 amide bonds. The van der Waals surface area contributed by atoms with E-state index >= 15 is 0 Å². The van der Waals surface area contributed by atoms with E-state index in [9.17, 15) is 18.3 Å². The quantitative estimate of drug-likeness (QED) is 0.256. The highest BCUT2D eigenvalue weighted by Gasteiger charge is 2.26. The van der Waals surface area contributed by atoms with Crippen molar-refractivity contribution in [2.24, 2.45) is 7.05 Å². The average Bonchev–Trinajstić information content (AvgIpc) is 3.25. The summed E-state index contributed by atoms with van der Waals surface area (Å²) in [5.41, 5.74) is 2.78. The van der Waals surface area contributed by atoms with Crippen molar-refractivity contribution < 1.29 is 18.3 Å². The summed E-state index contributed by atoms with van der Waals surface area (Å²) in [6, 6.07) is 15.9. The van der Waals surface area contributed by atoms with Crippen LogP contribution in [0.3, 0.4) is 0 Å². The number of hydrogen-bond donors (Lipinski definition) is 2. The number of rotatable bonds is 13. The van der Waals surface area contributed by atoms with Crippen LogP contribution in [0.25, 0.3) is 22.2 Å². The van der Waals surface area contributed by atoms with Gasteiger partial charge < -0.3 is 14.8 Å². The molecular formula is C29H36N4O5S. The van der Waals surface area contributed by atoms with Gasteiger partial charge in [0.1, 0.15) is 11.3 Å². The molecule has 4 rings (SSSR count). The minimum Gasteiger partial charge on any atom is -0.493 e. The summed E-state index contributed by atoms with van der Waals surface area (Å²) < 4.78 is 36.7. The van der Waals surface area contributed by atoms with Gasteiger partial charge in [-0.2, -0.15) is 9.40 Å². The van der Waals surface area contributed by atoms with E-state index in [-0.39, 0.29) is 30.2 Å². The lowest BCUT2D eigenvalue weighted by Gasteiger charge is -2.23. The van der Waals surface area contributed by atoms with Gasteiger partial charge in [-0.25, -0.2) is 8.42 Å². The van der Waals surface area contributed by atoms with Crippen LogP contribution in [-0.2, 0) is 30.0 Å². The summed E-state index contributed by atoms with van der Waals surface area (Å²) in [4.78, 5) is 16.1. The predicted octanol–water partition coefficient (Wildman–Crippen LogP) is 4.24. The summed E-state index contributed by atoms with van der Waals surface area (Å²) in [6.45, 7) is 4.69. The Balaban J connectivity index is 1.84. The molecule has 2 heterocycles. The molecule has 0 aliphatic carbocycles. The third-order valence-electron chi connectivity index (χ3n) is 6.51. The molecule has 0 aliphatic rings. The van der Waals surface area contributed by atoms with E-state index < -0.39 is 10.0 Å². The number of nitrogens with zero attached hydrogens (tertiary/aromatic N) is 3. The molecule has 0 radical (unpaired) electrons. The van der Waals surface area contributed by atoms with E-state index in [4.69, 9.17) is 4.74 Å². The zero-order chi connectivity index (χ0) is 28.0. The predicted molar refractivity (Wildman–Crippen MR) is 152 cm³/mol. The first kappa shape index (κ1) is 28.5. The smallest absolute Gasteiger partial charge is 0.274 e. The second-order valence-corrected chi connectivity index (χ2v) is 11.4. The molecule has 2 aromatic heterocycles. The number of benzene rings is 2. The molecular weight excluding hydrogens is 516 g/mol. The van der Waals surface area contributed by atoms with Crippen LogP contribution in [0.1, 0.15) is 44.4 Å². The van der Waals surface area contributed by atoms with E-state index in [0.29, 0.717) is 42.0 Å². The highest BCUT2D eigenvalue weighted by molar-refractivity contribution is 7.89. The number of aliphatic hydroxyl groups is 1. The van der Waals surface area contributed by atoms with Gasteiger partial charge in [-0.15, -0.1) is 0 Å². The second-order valence-electron chi connectivity index (χ2n) is 9.50. The minimum atomic E-state index is -3.95. The highest BCUT2D eigenvalue weighted by Crippen LogP contribution is 2.34. The summed E-state index contributed by atoms with van der Waals surface area (Å²) in [5.74, 6) is 0.483. The van der Waals surface area contributed by atoms with Gasteiger partial charge in [-0.3, -0.25) is 9.48 Å². The monoisotopic (exact) mass is 552 g/mol. The van der Waals surface area contributed by atoms with Crippen molar-refractivity contribution in [3.63, 3.8) is 0 Å². The summed E-state index contributed by atoms with van der Waals surface area (Å²) >= 11 is 0. The number of aryl methyl sites for hydroxylation is 2. The number of ether oxygens (including phenoxy) is 1. The molecule has 2 N–H and O–H groups in total. The Morgan fingerprint density at radius 1 is 1.08 bits per heavy atom. The number of pyridine rings is 1. The van der Waals surface area contributed by atoms with E-state index in [1.54, 1.807) is 23.9 Å². The standard InChI is InChI=1S/C29H36N4O5S/c1-4-10-25-24-19-26(30-29(35)28(24)32(3)31-25)23-18-22(13-14-27(23)38-17-5-2)39(36,37)33(15-9-16-34)20-21-11-7-6-8-12-21/h6-8,11-14,18-19,34H,4-5,9-10,15-17,20H2,1-3H3,(H,30,35). The Bertz CT molecular complexity index is 1580. The highest BCUT2D eigenvalue weighted by atomic mass is 32.2. The Hall–Kier alpha value is -3.47. The molecule has 0 aliphatic heterocycles. The lowest BCUT2D eigenvalue weighted by molar-refractivity contribution is 0.267. The maximum atomic E-state index is 13.9. The van der Waals surface area contributed by atoms with Crippen LogP contribution < -0.4 is 10.3 Å². The van der Waals surface area contributed by atoms with Gasteiger partial charge in [0.15, 0.2) is 0 Å². The van der Waals surface area contributed by atoms with Crippen molar-refractivity contribution >= 4 is 20.9 Å². The van der Waals surface area contributed by atoms with Crippen LogP contribution in [0.5, 0.6) is 5.75 Å². The molecule has 0 unspecified atom stereocenters. The van der Waals surface area contributed by atoms with Crippen LogP contribution in [0.4, 0.5) is 0 Å². The topological polar surface area (TPSA) is 118 Å². The number of fused-ring (bicyclic) bond motifs is 1. The van der Waals surface area contributed by atoms with Crippen molar-refractivity contribution in [1.29, 1.82) is 0 Å². The second kappa shape index (κ2) is 12.6. The zero-order valence-corrected chi connectivity index (χ0v) is 23.5. The van der Waals surface area contributed by atoms with Crippen LogP contribution in [-0.4, -0.2) is 52.4 Å². The van der Waals surface area contributed by atoms with Crippen LogP contribution in [0.15, 0.2) is 64.3 Å². The van der Waals surface area contributed by atoms with Gasteiger partial charge in [0.25, 0.3) is 5.56 Å². The lowest BCUT2D eigenvalue weighted by atomic mass is 10.1. The van der Waals surface area contributed by atoms with Crippen molar-refractivity contribution in [2.45, 2.75) is 51.0 Å². The summed E-state index contributed by atoms with van der Waals surface area (Å²) in [7, 11) is -2.20. The molecule has 0 fully saturated rings. The fourth-order valence-electron chi connectivity index (χ4n) is 4.63. The number of aromatic nitrogens is 3. The van der Waals surface area contributed by atoms with Gasteiger partial charge in [-0.1, -0.05) is 50.6 Å². The van der Waals surface area contributed by atoms with Crippen LogP contribution in [0.2, 0.25) is 0 Å². The lowest BCUT2D eigenvalue weighted by Crippen LogP contribution is -2.32. The molecule has 0 saturated carbocycles. The molecule has 39 heavy (non-hydrogen) atoms. The first-order valence-electron chi connectivity index (χ1n) is 13.3. The molecule has 0 bridgehead atoms. The number of sulfonamides is 1. The van der Waals surface area contributed by atoms with E-state index in [1.807, 2.05) is 43.3 Å². The summed E-state index contributed by atoms with van der Waals surface area (Å²) in [5, 5.41) is 14.7. The van der Waals surface area contributed by atoms with E-state index in [2.05, 4.69) is 17.0 Å². The molecule has 4 aromatic rings. The molecule has 0 atom stereocenters. The number of hydrogen-bond acceptors (Lipinski definition) is 6. The molecule has 9 nitrogen and oxygen atoms in total. The van der Waals surface area contributed by atoms with Gasteiger partial charge in [0.2, 0.25) is 10.0 Å². The third-order valence-corrected chi connectivity index (χ3v) is 8.35. The maximum Gasteiger partial charge on any atom is 0.274 e. The van der Waals surface area contributed by atoms with E-state index in [1.165, 1.54) is 10.4 Å². The number of aromatic amines is 1. The van der Waals surface area contributed by atoms with Gasteiger partial charge in [-0.05, 0) is 49.1 Å². The average molecular weight is 553 g/mol. The number of H-pyrrole nitrogens is 1. The largest absolute Gasteiger partial charge is 0.493 e. The van der Waals surface area contributed by atoms with Crippen molar-refractivity contribution in [3.8, 4) is 17.0 Å². The van der Waals surface area contributed by atoms with Gasteiger partial charge in [0.05, 0.1) is 22.9 Å². The Morgan fingerprint density at radius 2 is 1.85 bits per heavy atom. The Morgan fingerprint density at radius 3 is 2.54 bits per heavy atom. The normalized spacial score (nSPS) is 11.9. The zero-order valence-electron chi connectivity index (χ0n) is 22.7. The molecule has 208 valence electrons. The van der Waals surface area contributed by atoms with E-state index in [0.717, 1.165) is 29.5 Å². The Kier molecular flexibility index (Phi) is 9.21. The van der Waals surface area contributed by atoms with Gasteiger partial charge >= 0.3 is 0 Å². The first-order chi connectivity index (χ1) is 18.8. The SMILES string of the molecule is CCCOc1ccc(S(=O)(=O)N(CCCO)Cc2ccccc2)cc1-c1cc2c(CCC)nn(C)c2c(=O)[nH]1. The Labute approximate surface area is 229 Å². The fourth-order valence-corrected chi connectivity index (χ4v) is 6.12. The fraction of sp³-hybridized carbons (Fsp3) is 0.379. The molecule has 0 saturated heterocycles. The number of nitrogens with one attached hydrogen (secondary N) is 1. The van der Waals surface area contributed by atoms with Crippen molar-refractivity contribution in [1.82, 2.24) is 19.1 Å². The summed E-state index contributed by atoms with van der Waals surface area (Å²) in [6.07, 6.45) is 2.66. The van der Waals surface area contributed by atoms with Crippen LogP contribution in [0, 0.1) is 0 Å². The minimum absolute atomic E-state index is 0.0798. The van der Waals surface area contributed by atoms with Crippen molar-refractivity contribution in [2.75, 3.05) is 19.8 Å². The van der Waals surface area contributed by atoms with Gasteiger partial charge in [0, 0.05) is 37.7 Å². The molecule has 10 heteroatoms. The van der Waals surface area contributed by atoms with Crippen LogP contribution >= 0.6 is 0 Å². The number of aliphatic hydroxyl groups excluding tert-OH is 1. The third kappa shape index (κ3) is 6.24. The molecule has 0 spiro atoms.